The number of carbonyl (C=O) groups excluding carboxylic acids is 2. The molecule has 0 aliphatic carbocycles. The van der Waals surface area contributed by atoms with Crippen molar-refractivity contribution >= 4 is 17.5 Å². The SMILES string of the molecule is Cc1cccc(NC(=O)C(=O)N2CCC(c3cncn3C)CC2)c1C. The zero-order valence-electron chi connectivity index (χ0n) is 15.0. The normalized spacial score (nSPS) is 15.2. The Hall–Kier alpha value is -2.63. The van der Waals surface area contributed by atoms with Crippen LogP contribution in [-0.2, 0) is 16.6 Å². The van der Waals surface area contributed by atoms with Crippen molar-refractivity contribution in [3.8, 4) is 0 Å². The van der Waals surface area contributed by atoms with E-state index in [1.807, 2.05) is 49.9 Å². The standard InChI is InChI=1S/C19H24N4O2/c1-13-5-4-6-16(14(13)2)21-18(24)19(25)23-9-7-15(8-10-23)17-11-20-12-22(17)3/h4-6,11-12,15H,7-10H2,1-3H3,(H,21,24). The molecular formula is C19H24N4O2. The van der Waals surface area contributed by atoms with Crippen molar-refractivity contribution in [2.24, 2.45) is 7.05 Å². The van der Waals surface area contributed by atoms with Crippen LogP contribution in [0.1, 0.15) is 35.6 Å². The van der Waals surface area contributed by atoms with Gasteiger partial charge in [0.2, 0.25) is 0 Å². The quantitative estimate of drug-likeness (QED) is 0.854. The molecule has 1 aliphatic heterocycles. The van der Waals surface area contributed by atoms with Crippen LogP contribution in [0.2, 0.25) is 0 Å². The molecule has 1 fully saturated rings. The van der Waals surface area contributed by atoms with Crippen LogP contribution in [0.5, 0.6) is 0 Å². The molecule has 0 bridgehead atoms. The third kappa shape index (κ3) is 3.57. The van der Waals surface area contributed by atoms with E-state index in [4.69, 9.17) is 0 Å². The Morgan fingerprint density at radius 1 is 1.20 bits per heavy atom. The maximum atomic E-state index is 12.5. The van der Waals surface area contributed by atoms with Gasteiger partial charge < -0.3 is 14.8 Å². The van der Waals surface area contributed by atoms with Crippen molar-refractivity contribution in [3.63, 3.8) is 0 Å². The highest BCUT2D eigenvalue weighted by Crippen LogP contribution is 2.27. The number of rotatable bonds is 2. The lowest BCUT2D eigenvalue weighted by atomic mass is 9.93. The van der Waals surface area contributed by atoms with Crippen molar-refractivity contribution in [2.75, 3.05) is 18.4 Å². The van der Waals surface area contributed by atoms with Crippen LogP contribution in [0.15, 0.2) is 30.7 Å². The highest BCUT2D eigenvalue weighted by atomic mass is 16.2. The van der Waals surface area contributed by atoms with E-state index in [2.05, 4.69) is 10.3 Å². The van der Waals surface area contributed by atoms with Gasteiger partial charge in [-0.05, 0) is 43.9 Å². The lowest BCUT2D eigenvalue weighted by Crippen LogP contribution is -2.44. The summed E-state index contributed by atoms with van der Waals surface area (Å²) in [6.07, 6.45) is 5.38. The fourth-order valence-electron chi connectivity index (χ4n) is 3.35. The van der Waals surface area contributed by atoms with Crippen molar-refractivity contribution in [3.05, 3.63) is 47.5 Å². The number of amides is 2. The summed E-state index contributed by atoms with van der Waals surface area (Å²) in [6.45, 7) is 5.11. The van der Waals surface area contributed by atoms with E-state index in [1.54, 1.807) is 11.2 Å². The molecule has 3 rings (SSSR count). The van der Waals surface area contributed by atoms with E-state index in [0.717, 1.165) is 24.0 Å². The van der Waals surface area contributed by atoms with Gasteiger partial charge in [-0.1, -0.05) is 12.1 Å². The molecule has 1 aromatic heterocycles. The molecule has 0 saturated carbocycles. The van der Waals surface area contributed by atoms with Gasteiger partial charge in [-0.25, -0.2) is 4.98 Å². The first-order valence-corrected chi connectivity index (χ1v) is 8.60. The minimum absolute atomic E-state index is 0.388. The Bertz CT molecular complexity index is 788. The second-order valence-electron chi connectivity index (χ2n) is 6.70. The Balaban J connectivity index is 1.59. The van der Waals surface area contributed by atoms with Crippen LogP contribution in [0.4, 0.5) is 5.69 Å². The lowest BCUT2D eigenvalue weighted by molar-refractivity contribution is -0.143. The summed E-state index contributed by atoms with van der Waals surface area (Å²) in [5.41, 5.74) is 3.95. The first kappa shape index (κ1) is 17.2. The first-order valence-electron chi connectivity index (χ1n) is 8.60. The van der Waals surface area contributed by atoms with E-state index >= 15 is 0 Å². The molecule has 1 N–H and O–H groups in total. The molecule has 2 heterocycles. The molecule has 0 atom stereocenters. The summed E-state index contributed by atoms with van der Waals surface area (Å²) < 4.78 is 2.02. The summed E-state index contributed by atoms with van der Waals surface area (Å²) >= 11 is 0. The number of anilines is 1. The molecule has 0 radical (unpaired) electrons. The van der Waals surface area contributed by atoms with Gasteiger partial charge in [-0.15, -0.1) is 0 Å². The fraction of sp³-hybridized carbons (Fsp3) is 0.421. The molecule has 2 amide bonds. The van der Waals surface area contributed by atoms with Crippen LogP contribution in [0, 0.1) is 13.8 Å². The number of benzene rings is 1. The smallest absolute Gasteiger partial charge is 0.313 e. The van der Waals surface area contributed by atoms with E-state index in [-0.39, 0.29) is 0 Å². The predicted molar refractivity (Wildman–Crippen MR) is 96.3 cm³/mol. The van der Waals surface area contributed by atoms with Crippen molar-refractivity contribution in [1.29, 1.82) is 0 Å². The van der Waals surface area contributed by atoms with Gasteiger partial charge in [0.05, 0.1) is 6.33 Å². The highest BCUT2D eigenvalue weighted by molar-refractivity contribution is 6.39. The van der Waals surface area contributed by atoms with Gasteiger partial charge in [-0.2, -0.15) is 0 Å². The van der Waals surface area contributed by atoms with E-state index in [1.165, 1.54) is 5.69 Å². The fourth-order valence-corrected chi connectivity index (χ4v) is 3.35. The topological polar surface area (TPSA) is 67.2 Å². The van der Waals surface area contributed by atoms with Gasteiger partial charge in [0.1, 0.15) is 0 Å². The Morgan fingerprint density at radius 2 is 1.92 bits per heavy atom. The molecule has 1 aromatic carbocycles. The van der Waals surface area contributed by atoms with Crippen LogP contribution in [0.3, 0.4) is 0 Å². The molecule has 6 nitrogen and oxygen atoms in total. The number of nitrogens with one attached hydrogen (secondary N) is 1. The molecule has 1 aliphatic rings. The zero-order valence-corrected chi connectivity index (χ0v) is 15.0. The average Bonchev–Trinajstić information content (AvgIpc) is 3.04. The van der Waals surface area contributed by atoms with Crippen LogP contribution in [-0.4, -0.2) is 39.4 Å². The van der Waals surface area contributed by atoms with Gasteiger partial charge in [0.25, 0.3) is 0 Å². The number of piperidine rings is 1. The number of hydrogen-bond acceptors (Lipinski definition) is 3. The second-order valence-corrected chi connectivity index (χ2v) is 6.70. The summed E-state index contributed by atoms with van der Waals surface area (Å²) in [5.74, 6) is -0.629. The third-order valence-corrected chi connectivity index (χ3v) is 5.10. The lowest BCUT2D eigenvalue weighted by Gasteiger charge is -2.31. The maximum Gasteiger partial charge on any atom is 0.313 e. The molecule has 2 aromatic rings. The summed E-state index contributed by atoms with van der Waals surface area (Å²) in [5, 5.41) is 2.75. The highest BCUT2D eigenvalue weighted by Gasteiger charge is 2.28. The van der Waals surface area contributed by atoms with Crippen molar-refractivity contribution in [1.82, 2.24) is 14.5 Å². The largest absolute Gasteiger partial charge is 0.337 e. The van der Waals surface area contributed by atoms with Gasteiger partial charge in [-0.3, -0.25) is 9.59 Å². The average molecular weight is 340 g/mol. The minimum Gasteiger partial charge on any atom is -0.337 e. The first-order chi connectivity index (χ1) is 12.0. The number of nitrogens with zero attached hydrogens (tertiary/aromatic N) is 3. The van der Waals surface area contributed by atoms with Gasteiger partial charge in [0, 0.05) is 43.6 Å². The van der Waals surface area contributed by atoms with Crippen molar-refractivity contribution in [2.45, 2.75) is 32.6 Å². The maximum absolute atomic E-state index is 12.5. The summed E-state index contributed by atoms with van der Waals surface area (Å²) in [4.78, 5) is 30.6. The molecule has 0 spiro atoms. The van der Waals surface area contributed by atoms with E-state index < -0.39 is 11.8 Å². The second kappa shape index (κ2) is 7.09. The van der Waals surface area contributed by atoms with Gasteiger partial charge >= 0.3 is 11.8 Å². The number of carbonyl (C=O) groups is 2. The zero-order chi connectivity index (χ0) is 18.0. The number of hydrogen-bond donors (Lipinski definition) is 1. The Labute approximate surface area is 147 Å². The van der Waals surface area contributed by atoms with Crippen LogP contribution >= 0.6 is 0 Å². The van der Waals surface area contributed by atoms with Crippen LogP contribution in [0.25, 0.3) is 0 Å². The molecule has 1 saturated heterocycles. The molecule has 6 heteroatoms. The molecule has 25 heavy (non-hydrogen) atoms. The van der Waals surface area contributed by atoms with E-state index in [0.29, 0.717) is 24.7 Å². The third-order valence-electron chi connectivity index (χ3n) is 5.10. The molecule has 132 valence electrons. The van der Waals surface area contributed by atoms with Crippen LogP contribution < -0.4 is 5.32 Å². The summed E-state index contributed by atoms with van der Waals surface area (Å²) in [6, 6.07) is 5.68. The number of aromatic nitrogens is 2. The molecular weight excluding hydrogens is 316 g/mol. The predicted octanol–water partition coefficient (Wildman–Crippen LogP) is 2.38. The monoisotopic (exact) mass is 340 g/mol. The molecule has 0 unspecified atom stereocenters. The summed E-state index contributed by atoms with van der Waals surface area (Å²) in [7, 11) is 1.98. The Kier molecular flexibility index (Phi) is 4.88. The minimum atomic E-state index is -0.562. The number of likely N-dealkylation sites (tertiary alicyclic amines) is 1. The van der Waals surface area contributed by atoms with Crippen molar-refractivity contribution < 1.29 is 9.59 Å². The number of imidazole rings is 1. The Morgan fingerprint density at radius 3 is 2.56 bits per heavy atom. The van der Waals surface area contributed by atoms with Gasteiger partial charge in [0.15, 0.2) is 0 Å². The van der Waals surface area contributed by atoms with E-state index in [9.17, 15) is 9.59 Å². The number of aryl methyl sites for hydroxylation is 2.